The van der Waals surface area contributed by atoms with E-state index in [4.69, 9.17) is 5.11 Å². The third-order valence-corrected chi connectivity index (χ3v) is 2.87. The summed E-state index contributed by atoms with van der Waals surface area (Å²) >= 11 is 0. The van der Waals surface area contributed by atoms with Gasteiger partial charge in [0.2, 0.25) is 0 Å². The van der Waals surface area contributed by atoms with Gasteiger partial charge in [-0.25, -0.2) is 0 Å². The highest BCUT2D eigenvalue weighted by Crippen LogP contribution is 2.15. The lowest BCUT2D eigenvalue weighted by Gasteiger charge is -2.18. The minimum Gasteiger partial charge on any atom is -0.508 e. The Hall–Kier alpha value is -1.06. The highest BCUT2D eigenvalue weighted by atomic mass is 16.3. The zero-order chi connectivity index (χ0) is 12.8. The van der Waals surface area contributed by atoms with E-state index in [2.05, 4.69) is 13.8 Å². The summed E-state index contributed by atoms with van der Waals surface area (Å²) in [5.74, 6) is 0.745. The smallest absolute Gasteiger partial charge is 0.115 e. The van der Waals surface area contributed by atoms with Gasteiger partial charge in [0.05, 0.1) is 12.2 Å². The summed E-state index contributed by atoms with van der Waals surface area (Å²) in [5.41, 5.74) is 0.916. The van der Waals surface area contributed by atoms with Gasteiger partial charge < -0.3 is 15.3 Å². The lowest BCUT2D eigenvalue weighted by molar-refractivity contribution is 0.0123. The predicted molar refractivity (Wildman–Crippen MR) is 67.9 cm³/mol. The van der Waals surface area contributed by atoms with Gasteiger partial charge in [-0.05, 0) is 36.5 Å². The number of aliphatic hydroxyl groups is 2. The highest BCUT2D eigenvalue weighted by Gasteiger charge is 2.16. The zero-order valence-corrected chi connectivity index (χ0v) is 10.5. The Balaban J connectivity index is 2.42. The first-order chi connectivity index (χ1) is 7.99. The summed E-state index contributed by atoms with van der Waals surface area (Å²) < 4.78 is 0. The van der Waals surface area contributed by atoms with E-state index >= 15 is 0 Å². The topological polar surface area (TPSA) is 60.7 Å². The molecule has 0 bridgehead atoms. The van der Waals surface area contributed by atoms with Gasteiger partial charge in [-0.15, -0.1) is 0 Å². The van der Waals surface area contributed by atoms with Gasteiger partial charge in [0.15, 0.2) is 0 Å². The standard InChI is InChI=1S/C14H22O3/c1-10(2)3-8-13(16)14(17)9-11-4-6-12(15)7-5-11/h4-7,10,13-17H,3,8-9H2,1-2H3. The maximum Gasteiger partial charge on any atom is 0.115 e. The molecule has 2 unspecified atom stereocenters. The Labute approximate surface area is 103 Å². The monoisotopic (exact) mass is 238 g/mol. The van der Waals surface area contributed by atoms with Crippen LogP contribution in [0.3, 0.4) is 0 Å². The maximum absolute atomic E-state index is 9.84. The van der Waals surface area contributed by atoms with Crippen molar-refractivity contribution in [1.29, 1.82) is 0 Å². The van der Waals surface area contributed by atoms with Crippen molar-refractivity contribution in [3.63, 3.8) is 0 Å². The van der Waals surface area contributed by atoms with Crippen molar-refractivity contribution in [2.45, 2.75) is 45.3 Å². The summed E-state index contributed by atoms with van der Waals surface area (Å²) in [6, 6.07) is 6.69. The number of aliphatic hydroxyl groups excluding tert-OH is 2. The molecule has 1 aromatic carbocycles. The Bertz CT molecular complexity index is 319. The second-order valence-electron chi connectivity index (χ2n) is 4.98. The first-order valence-corrected chi connectivity index (χ1v) is 6.13. The molecule has 0 aliphatic carbocycles. The van der Waals surface area contributed by atoms with E-state index in [1.165, 1.54) is 0 Å². The Morgan fingerprint density at radius 1 is 0.941 bits per heavy atom. The van der Waals surface area contributed by atoms with Crippen LogP contribution in [0.25, 0.3) is 0 Å². The third-order valence-electron chi connectivity index (χ3n) is 2.87. The van der Waals surface area contributed by atoms with Crippen molar-refractivity contribution < 1.29 is 15.3 Å². The fourth-order valence-electron chi connectivity index (χ4n) is 1.71. The van der Waals surface area contributed by atoms with Crippen LogP contribution in [0.1, 0.15) is 32.3 Å². The van der Waals surface area contributed by atoms with Crippen LogP contribution in [0.5, 0.6) is 5.75 Å². The second-order valence-corrected chi connectivity index (χ2v) is 4.98. The van der Waals surface area contributed by atoms with E-state index < -0.39 is 12.2 Å². The molecule has 0 heterocycles. The summed E-state index contributed by atoms with van der Waals surface area (Å²) in [6.45, 7) is 4.19. The average Bonchev–Trinajstić information content (AvgIpc) is 2.28. The minimum atomic E-state index is -0.738. The van der Waals surface area contributed by atoms with Crippen molar-refractivity contribution >= 4 is 0 Å². The molecule has 0 amide bonds. The van der Waals surface area contributed by atoms with Crippen LogP contribution in [0.15, 0.2) is 24.3 Å². The van der Waals surface area contributed by atoms with E-state index in [1.807, 2.05) is 0 Å². The van der Waals surface area contributed by atoms with Crippen LogP contribution in [0.2, 0.25) is 0 Å². The molecule has 0 spiro atoms. The van der Waals surface area contributed by atoms with E-state index in [0.29, 0.717) is 18.8 Å². The summed E-state index contributed by atoms with van der Waals surface area (Å²) in [4.78, 5) is 0. The minimum absolute atomic E-state index is 0.212. The molecule has 3 nitrogen and oxygen atoms in total. The normalized spacial score (nSPS) is 14.9. The zero-order valence-electron chi connectivity index (χ0n) is 10.5. The van der Waals surface area contributed by atoms with Gasteiger partial charge in [0.25, 0.3) is 0 Å². The molecule has 2 atom stereocenters. The lowest BCUT2D eigenvalue weighted by Crippen LogP contribution is -2.28. The highest BCUT2D eigenvalue weighted by molar-refractivity contribution is 5.26. The first kappa shape index (κ1) is 14.0. The second kappa shape index (κ2) is 6.62. The summed E-state index contributed by atoms with van der Waals surface area (Å²) in [6.07, 6.45) is 0.536. The third kappa shape index (κ3) is 5.20. The largest absolute Gasteiger partial charge is 0.508 e. The SMILES string of the molecule is CC(C)CCC(O)C(O)Cc1ccc(O)cc1. The molecule has 3 heteroatoms. The number of aromatic hydroxyl groups is 1. The molecule has 96 valence electrons. The number of hydrogen-bond acceptors (Lipinski definition) is 3. The van der Waals surface area contributed by atoms with E-state index in [-0.39, 0.29) is 5.75 Å². The molecule has 0 saturated heterocycles. The summed E-state index contributed by atoms with van der Waals surface area (Å²) in [5, 5.41) is 28.8. The predicted octanol–water partition coefficient (Wildman–Crippen LogP) is 2.09. The molecule has 0 radical (unpaired) electrons. The Morgan fingerprint density at radius 3 is 2.06 bits per heavy atom. The van der Waals surface area contributed by atoms with Crippen LogP contribution in [-0.4, -0.2) is 27.5 Å². The number of hydrogen-bond donors (Lipinski definition) is 3. The molecule has 3 N–H and O–H groups in total. The molecule has 0 fully saturated rings. The van der Waals surface area contributed by atoms with Crippen molar-refractivity contribution in [2.24, 2.45) is 5.92 Å². The first-order valence-electron chi connectivity index (χ1n) is 6.13. The van der Waals surface area contributed by atoms with Crippen LogP contribution in [0.4, 0.5) is 0 Å². The summed E-state index contributed by atoms with van der Waals surface area (Å²) in [7, 11) is 0. The molecule has 0 saturated carbocycles. The van der Waals surface area contributed by atoms with E-state index in [9.17, 15) is 10.2 Å². The van der Waals surface area contributed by atoms with Gasteiger partial charge in [0, 0.05) is 6.42 Å². The van der Waals surface area contributed by atoms with Crippen molar-refractivity contribution in [3.8, 4) is 5.75 Å². The molecule has 17 heavy (non-hydrogen) atoms. The molecular weight excluding hydrogens is 216 g/mol. The van der Waals surface area contributed by atoms with Crippen LogP contribution in [0, 0.1) is 5.92 Å². The number of rotatable bonds is 6. The Morgan fingerprint density at radius 2 is 1.53 bits per heavy atom. The molecular formula is C14H22O3. The average molecular weight is 238 g/mol. The van der Waals surface area contributed by atoms with E-state index in [1.54, 1.807) is 24.3 Å². The van der Waals surface area contributed by atoms with Gasteiger partial charge >= 0.3 is 0 Å². The molecule has 0 aliphatic heterocycles. The van der Waals surface area contributed by atoms with Crippen molar-refractivity contribution in [3.05, 3.63) is 29.8 Å². The molecule has 1 aromatic rings. The number of benzene rings is 1. The van der Waals surface area contributed by atoms with Gasteiger partial charge in [0.1, 0.15) is 5.75 Å². The van der Waals surface area contributed by atoms with Gasteiger partial charge in [-0.1, -0.05) is 26.0 Å². The number of phenols is 1. The maximum atomic E-state index is 9.84. The molecule has 0 aromatic heterocycles. The van der Waals surface area contributed by atoms with Crippen molar-refractivity contribution in [2.75, 3.05) is 0 Å². The van der Waals surface area contributed by atoms with Crippen LogP contribution in [-0.2, 0) is 6.42 Å². The van der Waals surface area contributed by atoms with Crippen molar-refractivity contribution in [1.82, 2.24) is 0 Å². The lowest BCUT2D eigenvalue weighted by atomic mass is 9.98. The number of phenolic OH excluding ortho intramolecular Hbond substituents is 1. The van der Waals surface area contributed by atoms with Gasteiger partial charge in [-0.2, -0.15) is 0 Å². The molecule has 1 rings (SSSR count). The quantitative estimate of drug-likeness (QED) is 0.711. The molecule has 0 aliphatic rings. The van der Waals surface area contributed by atoms with E-state index in [0.717, 1.165) is 12.0 Å². The van der Waals surface area contributed by atoms with Crippen LogP contribution < -0.4 is 0 Å². The fourth-order valence-corrected chi connectivity index (χ4v) is 1.71. The fraction of sp³-hybridized carbons (Fsp3) is 0.571. The van der Waals surface area contributed by atoms with Gasteiger partial charge in [-0.3, -0.25) is 0 Å². The Kier molecular flexibility index (Phi) is 5.45. The van der Waals surface area contributed by atoms with Crippen LogP contribution >= 0.6 is 0 Å².